The van der Waals surface area contributed by atoms with E-state index in [1.807, 2.05) is 32.9 Å². The summed E-state index contributed by atoms with van der Waals surface area (Å²) >= 11 is 5.84. The molecule has 1 rings (SSSR count). The first-order valence-electron chi connectivity index (χ1n) is 6.36. The van der Waals surface area contributed by atoms with Crippen molar-refractivity contribution < 1.29 is 13.3 Å². The Morgan fingerprint density at radius 1 is 0.947 bits per heavy atom. The predicted molar refractivity (Wildman–Crippen MR) is 79.0 cm³/mol. The van der Waals surface area contributed by atoms with Crippen molar-refractivity contribution in [3.05, 3.63) is 34.9 Å². The minimum atomic E-state index is -2.89. The van der Waals surface area contributed by atoms with Crippen LogP contribution in [0.25, 0.3) is 0 Å². The summed E-state index contributed by atoms with van der Waals surface area (Å²) in [5.74, 6) is 3.05. The molecule has 0 spiro atoms. The van der Waals surface area contributed by atoms with Crippen LogP contribution in [0.4, 0.5) is 0 Å². The van der Waals surface area contributed by atoms with E-state index < -0.39 is 8.80 Å². The van der Waals surface area contributed by atoms with Crippen molar-refractivity contribution in [2.75, 3.05) is 19.8 Å². The zero-order chi connectivity index (χ0) is 14.1. The monoisotopic (exact) mass is 298 g/mol. The molecule has 1 aromatic carbocycles. The molecule has 0 aromatic heterocycles. The lowest BCUT2D eigenvalue weighted by Gasteiger charge is -2.22. The molecular weight excluding hydrogens is 280 g/mol. The molecule has 0 aliphatic heterocycles. The molecule has 0 saturated carbocycles. The molecule has 0 radical (unpaired) electrons. The SMILES string of the molecule is CCO[Si](C#Cc1ccc(Cl)cc1)(OCC)OCC. The summed E-state index contributed by atoms with van der Waals surface area (Å²) in [6, 6.07) is 7.32. The minimum Gasteiger partial charge on any atom is -0.364 e. The van der Waals surface area contributed by atoms with Gasteiger partial charge in [-0.2, -0.15) is 0 Å². The summed E-state index contributed by atoms with van der Waals surface area (Å²) < 4.78 is 17.0. The Kier molecular flexibility index (Phi) is 7.14. The Morgan fingerprint density at radius 2 is 1.42 bits per heavy atom. The molecule has 0 bridgehead atoms. The predicted octanol–water partition coefficient (Wildman–Crippen LogP) is 3.28. The average Bonchev–Trinajstić information content (AvgIpc) is 2.39. The van der Waals surface area contributed by atoms with Crippen molar-refractivity contribution in [1.82, 2.24) is 0 Å². The molecule has 0 aliphatic rings. The van der Waals surface area contributed by atoms with Crippen LogP contribution in [0.15, 0.2) is 24.3 Å². The van der Waals surface area contributed by atoms with Crippen molar-refractivity contribution >= 4 is 20.4 Å². The van der Waals surface area contributed by atoms with Gasteiger partial charge in [-0.15, -0.1) is 0 Å². The minimum absolute atomic E-state index is 0.515. The van der Waals surface area contributed by atoms with Crippen molar-refractivity contribution in [3.8, 4) is 11.5 Å². The van der Waals surface area contributed by atoms with Gasteiger partial charge in [-0.05, 0) is 50.6 Å². The second-order valence-electron chi connectivity index (χ2n) is 3.61. The van der Waals surface area contributed by atoms with Gasteiger partial charge < -0.3 is 13.3 Å². The molecule has 104 valence electrons. The fourth-order valence-electron chi connectivity index (χ4n) is 1.49. The second-order valence-corrected chi connectivity index (χ2v) is 6.28. The standard InChI is InChI=1S/C14H19ClO3Si/c1-4-16-19(17-5-2,18-6-3)12-11-13-7-9-14(15)10-8-13/h7-10H,4-6H2,1-3H3. The highest BCUT2D eigenvalue weighted by Gasteiger charge is 2.39. The first kappa shape index (κ1) is 16.2. The van der Waals surface area contributed by atoms with Crippen molar-refractivity contribution in [2.24, 2.45) is 0 Å². The average molecular weight is 299 g/mol. The maximum Gasteiger partial charge on any atom is 0.591 e. The fourth-order valence-corrected chi connectivity index (χ4v) is 3.52. The lowest BCUT2D eigenvalue weighted by molar-refractivity contribution is 0.0870. The molecule has 0 N–H and O–H groups in total. The van der Waals surface area contributed by atoms with Crippen molar-refractivity contribution in [1.29, 1.82) is 0 Å². The van der Waals surface area contributed by atoms with Crippen LogP contribution in [0, 0.1) is 11.5 Å². The number of benzene rings is 1. The van der Waals surface area contributed by atoms with Gasteiger partial charge in [-0.3, -0.25) is 0 Å². The molecule has 0 saturated heterocycles. The molecule has 19 heavy (non-hydrogen) atoms. The molecule has 1 aromatic rings. The van der Waals surface area contributed by atoms with Crippen LogP contribution in [0.5, 0.6) is 0 Å². The Morgan fingerprint density at radius 3 is 1.84 bits per heavy atom. The van der Waals surface area contributed by atoms with Crippen LogP contribution in [0.2, 0.25) is 5.02 Å². The van der Waals surface area contributed by atoms with Gasteiger partial charge in [-0.25, -0.2) is 0 Å². The molecular formula is C14H19ClO3Si. The number of halogens is 1. The summed E-state index contributed by atoms with van der Waals surface area (Å²) in [5, 5.41) is 0.688. The molecule has 0 heterocycles. The van der Waals surface area contributed by atoms with Crippen LogP contribution in [-0.4, -0.2) is 28.6 Å². The van der Waals surface area contributed by atoms with Crippen LogP contribution in [0.3, 0.4) is 0 Å². The molecule has 0 unspecified atom stereocenters. The highest BCUT2D eigenvalue weighted by molar-refractivity contribution is 6.69. The third-order valence-corrected chi connectivity index (χ3v) is 4.90. The van der Waals surface area contributed by atoms with Gasteiger partial charge in [-0.1, -0.05) is 17.5 Å². The Labute approximate surface area is 121 Å². The number of hydrogen-bond acceptors (Lipinski definition) is 3. The van der Waals surface area contributed by atoms with E-state index in [1.54, 1.807) is 12.1 Å². The lowest BCUT2D eigenvalue weighted by Crippen LogP contribution is -2.45. The molecule has 5 heteroatoms. The van der Waals surface area contributed by atoms with Crippen molar-refractivity contribution in [3.63, 3.8) is 0 Å². The van der Waals surface area contributed by atoms with E-state index in [9.17, 15) is 0 Å². The molecule has 3 nitrogen and oxygen atoms in total. The summed E-state index contributed by atoms with van der Waals surface area (Å²) in [7, 11) is -2.89. The first-order chi connectivity index (χ1) is 9.15. The van der Waals surface area contributed by atoms with Gasteiger partial charge in [0.1, 0.15) is 0 Å². The highest BCUT2D eigenvalue weighted by atomic mass is 35.5. The Balaban J connectivity index is 2.95. The molecule has 0 atom stereocenters. The number of rotatable bonds is 6. The van der Waals surface area contributed by atoms with E-state index in [0.717, 1.165) is 5.56 Å². The van der Waals surface area contributed by atoms with Crippen LogP contribution in [-0.2, 0) is 13.3 Å². The number of hydrogen-bond donors (Lipinski definition) is 0. The summed E-state index contributed by atoms with van der Waals surface area (Å²) in [6.07, 6.45) is 0. The molecule has 0 aliphatic carbocycles. The second kappa shape index (κ2) is 8.36. The van der Waals surface area contributed by atoms with Crippen LogP contribution in [0.1, 0.15) is 26.3 Å². The van der Waals surface area contributed by atoms with Gasteiger partial charge >= 0.3 is 8.80 Å². The van der Waals surface area contributed by atoms with Crippen molar-refractivity contribution in [2.45, 2.75) is 20.8 Å². The van der Waals surface area contributed by atoms with Gasteiger partial charge in [0.25, 0.3) is 0 Å². The summed E-state index contributed by atoms with van der Waals surface area (Å²) in [4.78, 5) is 0. The van der Waals surface area contributed by atoms with Crippen LogP contribution < -0.4 is 0 Å². The Hall–Kier alpha value is -0.833. The maximum atomic E-state index is 5.84. The van der Waals surface area contributed by atoms with Gasteiger partial charge in [0, 0.05) is 30.4 Å². The summed E-state index contributed by atoms with van der Waals surface area (Å²) in [5.41, 5.74) is 3.91. The third-order valence-electron chi connectivity index (χ3n) is 2.21. The topological polar surface area (TPSA) is 27.7 Å². The molecule has 0 fully saturated rings. The maximum absolute atomic E-state index is 5.84. The lowest BCUT2D eigenvalue weighted by atomic mass is 10.2. The van der Waals surface area contributed by atoms with E-state index in [2.05, 4.69) is 11.5 Å². The largest absolute Gasteiger partial charge is 0.591 e. The van der Waals surface area contributed by atoms with Gasteiger partial charge in [0.05, 0.1) is 0 Å². The first-order valence-corrected chi connectivity index (χ1v) is 8.46. The van der Waals surface area contributed by atoms with E-state index in [-0.39, 0.29) is 0 Å². The van der Waals surface area contributed by atoms with Gasteiger partial charge in [0.15, 0.2) is 0 Å². The van der Waals surface area contributed by atoms with E-state index >= 15 is 0 Å². The van der Waals surface area contributed by atoms with E-state index in [1.165, 1.54) is 0 Å². The van der Waals surface area contributed by atoms with Crippen LogP contribution >= 0.6 is 11.6 Å². The van der Waals surface area contributed by atoms with Gasteiger partial charge in [0.2, 0.25) is 0 Å². The van der Waals surface area contributed by atoms with E-state index in [0.29, 0.717) is 24.8 Å². The normalized spacial score (nSPS) is 10.9. The van der Waals surface area contributed by atoms with E-state index in [4.69, 9.17) is 24.9 Å². The fraction of sp³-hybridized carbons (Fsp3) is 0.429. The summed E-state index contributed by atoms with van der Waals surface area (Å²) in [6.45, 7) is 7.27. The zero-order valence-electron chi connectivity index (χ0n) is 11.5. The quantitative estimate of drug-likeness (QED) is 0.596. The Bertz CT molecular complexity index is 419. The zero-order valence-corrected chi connectivity index (χ0v) is 13.3. The smallest absolute Gasteiger partial charge is 0.364 e. The molecule has 0 amide bonds. The third kappa shape index (κ3) is 5.35. The highest BCUT2D eigenvalue weighted by Crippen LogP contribution is 2.11.